The average Bonchev–Trinajstić information content (AvgIpc) is 3.83. The van der Waals surface area contributed by atoms with Gasteiger partial charge in [0.15, 0.2) is 0 Å². The van der Waals surface area contributed by atoms with E-state index in [4.69, 9.17) is 10.2 Å². The Labute approximate surface area is 301 Å². The van der Waals surface area contributed by atoms with Crippen molar-refractivity contribution >= 4 is 36.0 Å². The fourth-order valence-electron chi connectivity index (χ4n) is 5.31. The normalized spacial score (nSPS) is 16.2. The summed E-state index contributed by atoms with van der Waals surface area (Å²) in [5.74, 6) is -1.43. The monoisotopic (exact) mass is 713 g/mol. The van der Waals surface area contributed by atoms with E-state index in [0.717, 1.165) is 24.7 Å². The lowest BCUT2D eigenvalue weighted by atomic mass is 9.85. The Bertz CT molecular complexity index is 1420. The largest absolute Gasteiger partial charge is 0.480 e. The first-order chi connectivity index (χ1) is 24.2. The maximum absolute atomic E-state index is 13.8. The second kappa shape index (κ2) is 23.6. The van der Waals surface area contributed by atoms with Gasteiger partial charge in [-0.1, -0.05) is 102 Å². The van der Waals surface area contributed by atoms with E-state index in [1.807, 2.05) is 24.3 Å². The molecule has 2 atom stereocenters. The lowest BCUT2D eigenvalue weighted by Gasteiger charge is -2.33. The minimum atomic E-state index is -1.23. The van der Waals surface area contributed by atoms with Crippen molar-refractivity contribution in [3.05, 3.63) is 66.5 Å². The molecule has 13 heteroatoms. The van der Waals surface area contributed by atoms with Crippen molar-refractivity contribution in [2.24, 2.45) is 5.41 Å². The molecule has 5 rings (SSSR count). The number of nitrogens with zero attached hydrogens (tertiary/aromatic N) is 1. The number of nitrogens with one attached hydrogen (secondary N) is 4. The van der Waals surface area contributed by atoms with Gasteiger partial charge in [-0.3, -0.25) is 9.59 Å². The number of hydrogen-bond donors (Lipinski definition) is 6. The van der Waals surface area contributed by atoms with Crippen LogP contribution in [-0.4, -0.2) is 77.6 Å². The summed E-state index contributed by atoms with van der Waals surface area (Å²) in [5.41, 5.74) is 2.31. The molecule has 12 nitrogen and oxygen atoms in total. The number of carboxylic acid groups (broad SMARTS) is 2. The van der Waals surface area contributed by atoms with Crippen LogP contribution in [-0.2, 0) is 20.9 Å². The van der Waals surface area contributed by atoms with Gasteiger partial charge in [0.2, 0.25) is 5.91 Å². The van der Waals surface area contributed by atoms with Crippen LogP contribution in [0.5, 0.6) is 0 Å². The van der Waals surface area contributed by atoms with Crippen molar-refractivity contribution in [3.63, 3.8) is 0 Å². The molecular weight excluding hydrogens is 657 g/mol. The standard InChI is InChI=1S/C14H11FN2O.C12H20N2O4.C5H10.C4H8.C3H7NO2/c15-12-7-2-1-5-10(12)11-6-3-4-9-8-16-14(18)17-13(9)11;1-12(2,3)9(13-11(17)18)10(16)14-6-4-5-8(14)7-15;1-2-4-5-3-1;1-3-4-2;1-4-2-3(5)6/h1-7H,8H2,(H2,16,17,18);7-9,13H,4-6H2,1-3H3,(H,17,18);1-5H2;3H,1,4H2,2H3;4H,2H2,1H3,(H,5,6)/t;8-,9+;;;/m.0.../s1. The van der Waals surface area contributed by atoms with E-state index in [1.165, 1.54) is 43.1 Å². The number of benzene rings is 2. The van der Waals surface area contributed by atoms with Crippen LogP contribution in [0.1, 0.15) is 84.6 Å². The molecule has 2 fully saturated rings. The number of anilines is 1. The van der Waals surface area contributed by atoms with Gasteiger partial charge in [0.25, 0.3) is 0 Å². The predicted octanol–water partition coefficient (Wildman–Crippen LogP) is 6.81. The van der Waals surface area contributed by atoms with Gasteiger partial charge in [0.1, 0.15) is 18.1 Å². The molecule has 0 bridgehead atoms. The summed E-state index contributed by atoms with van der Waals surface area (Å²) in [7, 11) is 1.59. The van der Waals surface area contributed by atoms with Gasteiger partial charge in [-0.15, -0.1) is 6.58 Å². The van der Waals surface area contributed by atoms with Crippen LogP contribution in [0.15, 0.2) is 55.1 Å². The van der Waals surface area contributed by atoms with Crippen molar-refractivity contribution < 1.29 is 38.6 Å². The van der Waals surface area contributed by atoms with E-state index in [1.54, 1.807) is 46.0 Å². The third-order valence-electron chi connectivity index (χ3n) is 7.98. The first kappa shape index (κ1) is 44.2. The summed E-state index contributed by atoms with van der Waals surface area (Å²) in [6.07, 6.45) is 11.4. The lowest BCUT2D eigenvalue weighted by molar-refractivity contribution is -0.138. The number of urea groups is 1. The Morgan fingerprint density at radius 3 is 2.08 bits per heavy atom. The molecule has 1 saturated heterocycles. The first-order valence-corrected chi connectivity index (χ1v) is 17.4. The van der Waals surface area contributed by atoms with Crippen LogP contribution >= 0.6 is 0 Å². The Morgan fingerprint density at radius 2 is 1.61 bits per heavy atom. The van der Waals surface area contributed by atoms with Crippen LogP contribution in [0.3, 0.4) is 0 Å². The van der Waals surface area contributed by atoms with Crippen molar-refractivity contribution in [2.45, 2.75) is 97.7 Å². The number of allylic oxidation sites excluding steroid dienone is 1. The molecule has 0 unspecified atom stereocenters. The van der Waals surface area contributed by atoms with Gasteiger partial charge in [-0.2, -0.15) is 0 Å². The highest BCUT2D eigenvalue weighted by Crippen LogP contribution is 2.34. The Kier molecular flexibility index (Phi) is 20.5. The quantitative estimate of drug-likeness (QED) is 0.134. The highest BCUT2D eigenvalue weighted by molar-refractivity contribution is 5.97. The second-order valence-corrected chi connectivity index (χ2v) is 13.1. The van der Waals surface area contributed by atoms with Gasteiger partial charge >= 0.3 is 18.1 Å². The highest BCUT2D eigenvalue weighted by atomic mass is 19.1. The minimum Gasteiger partial charge on any atom is -0.480 e. The van der Waals surface area contributed by atoms with Crippen molar-refractivity contribution in [1.29, 1.82) is 0 Å². The Morgan fingerprint density at radius 1 is 1.02 bits per heavy atom. The number of fused-ring (bicyclic) bond motifs is 1. The number of halogens is 1. The summed E-state index contributed by atoms with van der Waals surface area (Å²) in [6.45, 7) is 11.9. The minimum absolute atomic E-state index is 0.0417. The van der Waals surface area contributed by atoms with Crippen LogP contribution in [0.25, 0.3) is 11.1 Å². The van der Waals surface area contributed by atoms with Crippen LogP contribution in [0.2, 0.25) is 0 Å². The zero-order valence-corrected chi connectivity index (χ0v) is 30.6. The molecule has 2 heterocycles. The van der Waals surface area contributed by atoms with Crippen molar-refractivity contribution in [3.8, 4) is 11.1 Å². The van der Waals surface area contributed by atoms with E-state index in [9.17, 15) is 28.4 Å². The molecule has 282 valence electrons. The number of likely N-dealkylation sites (N-methyl/N-ethyl adjacent to an activating group) is 1. The smallest absolute Gasteiger partial charge is 0.405 e. The fraction of sp³-hybridized carbons (Fsp3) is 0.500. The summed E-state index contributed by atoms with van der Waals surface area (Å²) >= 11 is 0. The highest BCUT2D eigenvalue weighted by Gasteiger charge is 2.39. The number of amides is 4. The molecule has 0 radical (unpaired) electrons. The first-order valence-electron chi connectivity index (χ1n) is 17.4. The molecule has 0 aromatic heterocycles. The second-order valence-electron chi connectivity index (χ2n) is 13.1. The number of aldehydes is 1. The molecule has 2 aromatic rings. The number of aliphatic carboxylic acids is 1. The number of rotatable bonds is 7. The molecule has 2 aliphatic heterocycles. The van der Waals surface area contributed by atoms with E-state index >= 15 is 0 Å². The molecule has 1 saturated carbocycles. The van der Waals surface area contributed by atoms with Gasteiger partial charge < -0.3 is 41.2 Å². The molecule has 2 aromatic carbocycles. The third-order valence-corrected chi connectivity index (χ3v) is 7.98. The van der Waals surface area contributed by atoms with E-state index < -0.39 is 29.6 Å². The summed E-state index contributed by atoms with van der Waals surface area (Å²) < 4.78 is 13.8. The number of para-hydroxylation sites is 1. The summed E-state index contributed by atoms with van der Waals surface area (Å²) in [6, 6.07) is 10.6. The maximum atomic E-state index is 13.8. The number of carboxylic acids is 1. The number of likely N-dealkylation sites (tertiary alicyclic amines) is 1. The molecule has 51 heavy (non-hydrogen) atoms. The SMILES string of the molecule is C1CCCC1.C=CCC.CC(C)(C)[C@H](NC(=O)O)C(=O)N1CCC[C@H]1C=O.CNCC(=O)O.O=C1NCc2cccc(-c3ccccc3F)c2N1. The lowest BCUT2D eigenvalue weighted by Crippen LogP contribution is -2.55. The topological polar surface area (TPSA) is 177 Å². The van der Waals surface area contributed by atoms with Gasteiger partial charge in [-0.25, -0.2) is 14.0 Å². The van der Waals surface area contributed by atoms with Crippen LogP contribution < -0.4 is 21.3 Å². The molecule has 3 aliphatic rings. The van der Waals surface area contributed by atoms with Gasteiger partial charge in [0, 0.05) is 24.2 Å². The Balaban J connectivity index is 0.000000366. The maximum Gasteiger partial charge on any atom is 0.405 e. The zero-order valence-electron chi connectivity index (χ0n) is 30.6. The average molecular weight is 714 g/mol. The molecule has 6 N–H and O–H groups in total. The Hall–Kier alpha value is -4.78. The number of carbonyl (C=O) groups is 5. The van der Waals surface area contributed by atoms with Crippen LogP contribution in [0.4, 0.5) is 19.7 Å². The molecule has 4 amide bonds. The molecule has 0 spiro atoms. The summed E-state index contributed by atoms with van der Waals surface area (Å²) in [5, 5.41) is 26.8. The van der Waals surface area contributed by atoms with Gasteiger partial charge in [-0.05, 0) is 43.4 Å². The third kappa shape index (κ3) is 16.2. The van der Waals surface area contributed by atoms with E-state index in [2.05, 4.69) is 34.8 Å². The zero-order chi connectivity index (χ0) is 38.4. The molecule has 1 aliphatic carbocycles. The fourth-order valence-corrected chi connectivity index (χ4v) is 5.31. The number of hydrogen-bond acceptors (Lipinski definition) is 6. The van der Waals surface area contributed by atoms with Crippen LogP contribution in [0, 0.1) is 11.2 Å². The predicted molar refractivity (Wildman–Crippen MR) is 198 cm³/mol. The van der Waals surface area contributed by atoms with E-state index in [-0.39, 0.29) is 24.3 Å². The molecular formula is C38H56FN5O7. The van der Waals surface area contributed by atoms with Crippen molar-refractivity contribution in [1.82, 2.24) is 20.9 Å². The summed E-state index contributed by atoms with van der Waals surface area (Å²) in [4.78, 5) is 56.4. The van der Waals surface area contributed by atoms with E-state index in [0.29, 0.717) is 36.3 Å². The van der Waals surface area contributed by atoms with Gasteiger partial charge in [0.05, 0.1) is 18.3 Å². The number of carbonyl (C=O) groups excluding carboxylic acids is 3. The van der Waals surface area contributed by atoms with Crippen molar-refractivity contribution in [2.75, 3.05) is 25.5 Å².